The van der Waals surface area contributed by atoms with Crippen LogP contribution in [0.1, 0.15) is 28.8 Å². The van der Waals surface area contributed by atoms with Crippen molar-refractivity contribution in [2.24, 2.45) is 0 Å². The van der Waals surface area contributed by atoms with E-state index >= 15 is 0 Å². The molecule has 2 aromatic carbocycles. The van der Waals surface area contributed by atoms with Crippen LogP contribution in [0.4, 0.5) is 20.2 Å². The third kappa shape index (κ3) is 7.37. The summed E-state index contributed by atoms with van der Waals surface area (Å²) in [5.41, 5.74) is 2.24. The van der Waals surface area contributed by atoms with Gasteiger partial charge in [0.2, 0.25) is 10.0 Å². The largest absolute Gasteiger partial charge is 0.461 e. The van der Waals surface area contributed by atoms with E-state index in [1.54, 1.807) is 42.7 Å². The lowest BCUT2D eigenvalue weighted by molar-refractivity contribution is -0.0632. The minimum absolute atomic E-state index is 0.102. The van der Waals surface area contributed by atoms with Crippen LogP contribution in [0, 0.1) is 0 Å². The maximum atomic E-state index is 13.0. The maximum Gasteiger partial charge on any atom is 0.387 e. The van der Waals surface area contributed by atoms with E-state index in [0.29, 0.717) is 30.9 Å². The number of benzene rings is 2. The molecule has 1 saturated heterocycles. The van der Waals surface area contributed by atoms with E-state index in [0.717, 1.165) is 18.2 Å². The van der Waals surface area contributed by atoms with Gasteiger partial charge < -0.3 is 19.1 Å². The first kappa shape index (κ1) is 26.3. The van der Waals surface area contributed by atoms with Gasteiger partial charge in [-0.1, -0.05) is 6.07 Å². The molecule has 0 aliphatic carbocycles. The molecule has 0 radical (unpaired) electrons. The number of sulfonamides is 1. The molecule has 1 unspecified atom stereocenters. The van der Waals surface area contributed by atoms with Crippen molar-refractivity contribution in [3.63, 3.8) is 0 Å². The highest BCUT2D eigenvalue weighted by molar-refractivity contribution is 7.89. The van der Waals surface area contributed by atoms with E-state index in [1.165, 1.54) is 18.2 Å². The first-order valence-corrected chi connectivity index (χ1v) is 13.2. The number of nitrogens with one attached hydrogen (secondary N) is 1. The smallest absolute Gasteiger partial charge is 0.387 e. The summed E-state index contributed by atoms with van der Waals surface area (Å²) in [6, 6.07) is 14.5. The Balaban J connectivity index is 1.69. The predicted octanol–water partition coefficient (Wildman–Crippen LogP) is 4.23. The summed E-state index contributed by atoms with van der Waals surface area (Å²) in [7, 11) is -3.72. The molecule has 3 aromatic rings. The Morgan fingerprint density at radius 1 is 1.16 bits per heavy atom. The number of anilines is 2. The van der Waals surface area contributed by atoms with Gasteiger partial charge in [-0.3, -0.25) is 9.78 Å². The lowest BCUT2D eigenvalue weighted by Crippen LogP contribution is -2.29. The Morgan fingerprint density at radius 3 is 2.54 bits per heavy atom. The fourth-order valence-corrected chi connectivity index (χ4v) is 4.21. The molecule has 1 atom stereocenters. The fourth-order valence-electron chi connectivity index (χ4n) is 3.76. The summed E-state index contributed by atoms with van der Waals surface area (Å²) in [4.78, 5) is 18.2. The number of ether oxygens (including phenoxy) is 3. The first-order chi connectivity index (χ1) is 17.7. The summed E-state index contributed by atoms with van der Waals surface area (Å²) in [6.45, 7) is -2.17. The van der Waals surface area contributed by atoms with Crippen molar-refractivity contribution >= 4 is 27.3 Å². The molecule has 1 fully saturated rings. The quantitative estimate of drug-likeness (QED) is 0.413. The van der Waals surface area contributed by atoms with Gasteiger partial charge in [0.25, 0.3) is 5.91 Å². The summed E-state index contributed by atoms with van der Waals surface area (Å²) in [5.74, 6) is -0.776. The van der Waals surface area contributed by atoms with Crippen LogP contribution in [0.5, 0.6) is 11.5 Å². The number of rotatable bonds is 10. The van der Waals surface area contributed by atoms with Crippen LogP contribution in [0.2, 0.25) is 0 Å². The zero-order valence-electron chi connectivity index (χ0n) is 19.8. The lowest BCUT2D eigenvalue weighted by atomic mass is 10.1. The van der Waals surface area contributed by atoms with Crippen LogP contribution in [0.15, 0.2) is 67.0 Å². The first-order valence-electron chi connectivity index (χ1n) is 11.3. The highest BCUT2D eigenvalue weighted by Crippen LogP contribution is 2.38. The van der Waals surface area contributed by atoms with E-state index in [4.69, 9.17) is 9.47 Å². The van der Waals surface area contributed by atoms with Gasteiger partial charge in [0.1, 0.15) is 0 Å². The van der Waals surface area contributed by atoms with E-state index in [2.05, 4.69) is 9.72 Å². The molecule has 0 bridgehead atoms. The molecular formula is C25H25F2N3O6S. The molecule has 0 spiro atoms. The number of halogens is 2. The molecule has 196 valence electrons. The standard InChI is InChI=1S/C25H25F2N3O6S/c1-37(32,33)29-24(31)18-6-8-19(9-7-18)30(16-17-4-2-12-28-15-17)20-10-11-21(36-25(26)27)22(14-20)35-23-5-3-13-34-23/h2,4,6-12,14-15,23,25H,3,5,13,16H2,1H3,(H,29,31). The summed E-state index contributed by atoms with van der Waals surface area (Å²) < 4.78 is 66.8. The SMILES string of the molecule is CS(=O)(=O)NC(=O)c1ccc(N(Cc2cccnc2)c2ccc(OC(F)F)c(OC3CCCO3)c2)cc1. The number of pyridine rings is 1. The van der Waals surface area contributed by atoms with Gasteiger partial charge in [0, 0.05) is 48.4 Å². The van der Waals surface area contributed by atoms with E-state index in [9.17, 15) is 22.0 Å². The molecular weight excluding hydrogens is 508 g/mol. The Morgan fingerprint density at radius 2 is 1.92 bits per heavy atom. The van der Waals surface area contributed by atoms with Gasteiger partial charge in [-0.15, -0.1) is 0 Å². The van der Waals surface area contributed by atoms with Crippen molar-refractivity contribution < 1.29 is 36.2 Å². The minimum atomic E-state index is -3.72. The molecule has 12 heteroatoms. The fraction of sp³-hybridized carbons (Fsp3) is 0.280. The van der Waals surface area contributed by atoms with Crippen molar-refractivity contribution in [1.29, 1.82) is 0 Å². The number of hydrogen-bond donors (Lipinski definition) is 1. The minimum Gasteiger partial charge on any atom is -0.461 e. The third-order valence-corrected chi connectivity index (χ3v) is 5.94. The van der Waals surface area contributed by atoms with E-state index in [1.807, 2.05) is 15.7 Å². The second kappa shape index (κ2) is 11.5. The summed E-state index contributed by atoms with van der Waals surface area (Å²) >= 11 is 0. The van der Waals surface area contributed by atoms with Crippen LogP contribution in [-0.4, -0.2) is 45.1 Å². The number of alkyl halides is 2. The maximum absolute atomic E-state index is 13.0. The van der Waals surface area contributed by atoms with Crippen LogP contribution in [0.25, 0.3) is 0 Å². The van der Waals surface area contributed by atoms with Gasteiger partial charge in [0.05, 0.1) is 12.9 Å². The van der Waals surface area contributed by atoms with Crippen LogP contribution >= 0.6 is 0 Å². The second-order valence-electron chi connectivity index (χ2n) is 8.27. The van der Waals surface area contributed by atoms with Gasteiger partial charge in [-0.2, -0.15) is 8.78 Å². The zero-order valence-corrected chi connectivity index (χ0v) is 20.7. The molecule has 4 rings (SSSR count). The van der Waals surface area contributed by atoms with Crippen molar-refractivity contribution in [2.75, 3.05) is 17.8 Å². The van der Waals surface area contributed by atoms with Gasteiger partial charge >= 0.3 is 6.61 Å². The molecule has 1 amide bonds. The topological polar surface area (TPSA) is 107 Å². The number of amides is 1. The van der Waals surface area contributed by atoms with Crippen molar-refractivity contribution in [3.05, 3.63) is 78.1 Å². The average molecular weight is 534 g/mol. The average Bonchev–Trinajstić information content (AvgIpc) is 3.36. The van der Waals surface area contributed by atoms with E-state index in [-0.39, 0.29) is 17.1 Å². The van der Waals surface area contributed by atoms with Crippen LogP contribution in [0.3, 0.4) is 0 Å². The summed E-state index contributed by atoms with van der Waals surface area (Å²) in [6.07, 6.45) is 5.07. The molecule has 0 saturated carbocycles. The van der Waals surface area contributed by atoms with Gasteiger partial charge in [-0.25, -0.2) is 13.1 Å². The molecule has 1 aromatic heterocycles. The van der Waals surface area contributed by atoms with Gasteiger partial charge in [0.15, 0.2) is 17.8 Å². The number of carbonyl (C=O) groups is 1. The predicted molar refractivity (Wildman–Crippen MR) is 132 cm³/mol. The summed E-state index contributed by atoms with van der Waals surface area (Å²) in [5, 5.41) is 0. The highest BCUT2D eigenvalue weighted by atomic mass is 32.2. The normalized spacial score (nSPS) is 15.4. The third-order valence-electron chi connectivity index (χ3n) is 5.38. The van der Waals surface area contributed by atoms with Crippen molar-refractivity contribution in [1.82, 2.24) is 9.71 Å². The van der Waals surface area contributed by atoms with Gasteiger partial charge in [-0.05, 0) is 54.4 Å². The molecule has 1 aliphatic heterocycles. The molecule has 9 nitrogen and oxygen atoms in total. The zero-order chi connectivity index (χ0) is 26.4. The monoisotopic (exact) mass is 533 g/mol. The molecule has 1 N–H and O–H groups in total. The molecule has 1 aliphatic rings. The second-order valence-corrected chi connectivity index (χ2v) is 10.0. The van der Waals surface area contributed by atoms with Crippen molar-refractivity contribution in [3.8, 4) is 11.5 Å². The van der Waals surface area contributed by atoms with Crippen LogP contribution in [-0.2, 0) is 21.3 Å². The van der Waals surface area contributed by atoms with E-state index < -0.39 is 28.8 Å². The van der Waals surface area contributed by atoms with Crippen LogP contribution < -0.4 is 19.1 Å². The number of aromatic nitrogens is 1. The van der Waals surface area contributed by atoms with Crippen molar-refractivity contribution in [2.45, 2.75) is 32.3 Å². The highest BCUT2D eigenvalue weighted by Gasteiger charge is 2.22. The Hall–Kier alpha value is -3.77. The molecule has 2 heterocycles. The molecule has 37 heavy (non-hydrogen) atoms. The Labute approximate surface area is 213 Å². The number of carbonyl (C=O) groups excluding carboxylic acids is 1. The lowest BCUT2D eigenvalue weighted by Gasteiger charge is -2.27. The Bertz CT molecular complexity index is 1320. The Kier molecular flexibility index (Phi) is 8.19. The number of hydrogen-bond acceptors (Lipinski definition) is 8. The number of nitrogens with zero attached hydrogens (tertiary/aromatic N) is 2.